The van der Waals surface area contributed by atoms with Crippen LogP contribution in [-0.4, -0.2) is 35.1 Å². The molecule has 1 aliphatic heterocycles. The van der Waals surface area contributed by atoms with Crippen molar-refractivity contribution in [2.45, 2.75) is 58.5 Å². The maximum Gasteiger partial charge on any atom is 0.222 e. The zero-order chi connectivity index (χ0) is 12.0. The zero-order valence-corrected chi connectivity index (χ0v) is 10.6. The fourth-order valence-corrected chi connectivity index (χ4v) is 2.27. The number of nitrogens with zero attached hydrogens (tertiary/aromatic N) is 1. The number of hydrogen-bond acceptors (Lipinski definition) is 2. The predicted molar refractivity (Wildman–Crippen MR) is 65.1 cm³/mol. The second kappa shape index (κ2) is 6.89. The van der Waals surface area contributed by atoms with Crippen LogP contribution in [0, 0.1) is 5.92 Å². The minimum absolute atomic E-state index is 0.277. The number of aliphatic hydroxyl groups excluding tert-OH is 1. The summed E-state index contributed by atoms with van der Waals surface area (Å²) in [5.74, 6) is 0.568. The SMILES string of the molecule is CCCCCCC(=O)N1CCC(C(C)O)C1. The molecule has 3 nitrogen and oxygen atoms in total. The summed E-state index contributed by atoms with van der Waals surface area (Å²) in [5.41, 5.74) is 0. The van der Waals surface area contributed by atoms with E-state index >= 15 is 0 Å². The molecule has 1 saturated heterocycles. The van der Waals surface area contributed by atoms with E-state index in [4.69, 9.17) is 0 Å². The van der Waals surface area contributed by atoms with Crippen LogP contribution in [0.3, 0.4) is 0 Å². The summed E-state index contributed by atoms with van der Waals surface area (Å²) in [6, 6.07) is 0. The fraction of sp³-hybridized carbons (Fsp3) is 0.923. The van der Waals surface area contributed by atoms with Gasteiger partial charge in [-0.3, -0.25) is 4.79 Å². The van der Waals surface area contributed by atoms with Gasteiger partial charge in [-0.2, -0.15) is 0 Å². The fourth-order valence-electron chi connectivity index (χ4n) is 2.27. The first-order valence-corrected chi connectivity index (χ1v) is 6.61. The molecule has 1 aliphatic rings. The Bertz CT molecular complexity index is 216. The van der Waals surface area contributed by atoms with Gasteiger partial charge in [0.15, 0.2) is 0 Å². The summed E-state index contributed by atoms with van der Waals surface area (Å²) in [6.45, 7) is 5.59. The summed E-state index contributed by atoms with van der Waals surface area (Å²) in [6.07, 6.45) is 5.98. The van der Waals surface area contributed by atoms with Gasteiger partial charge in [-0.25, -0.2) is 0 Å². The van der Waals surface area contributed by atoms with E-state index in [1.165, 1.54) is 12.8 Å². The molecule has 94 valence electrons. The maximum absolute atomic E-state index is 11.8. The third kappa shape index (κ3) is 4.12. The minimum Gasteiger partial charge on any atom is -0.393 e. The number of aliphatic hydroxyl groups is 1. The Morgan fingerprint density at radius 1 is 1.44 bits per heavy atom. The molecule has 0 aromatic carbocycles. The molecular weight excluding hydrogens is 202 g/mol. The molecule has 1 amide bonds. The molecule has 1 heterocycles. The van der Waals surface area contributed by atoms with Crippen LogP contribution in [0.15, 0.2) is 0 Å². The van der Waals surface area contributed by atoms with Crippen LogP contribution < -0.4 is 0 Å². The third-order valence-electron chi connectivity index (χ3n) is 3.50. The minimum atomic E-state index is -0.280. The highest BCUT2D eigenvalue weighted by Gasteiger charge is 2.28. The maximum atomic E-state index is 11.8. The standard InChI is InChI=1S/C13H25NO2/c1-3-4-5-6-7-13(16)14-9-8-12(10-14)11(2)15/h11-12,15H,3-10H2,1-2H3. The Morgan fingerprint density at radius 3 is 2.75 bits per heavy atom. The lowest BCUT2D eigenvalue weighted by Gasteiger charge is -2.17. The predicted octanol–water partition coefficient (Wildman–Crippen LogP) is 2.19. The summed E-state index contributed by atoms with van der Waals surface area (Å²) in [4.78, 5) is 13.7. The highest BCUT2D eigenvalue weighted by molar-refractivity contribution is 5.76. The molecule has 0 bridgehead atoms. The van der Waals surface area contributed by atoms with Gasteiger partial charge in [-0.15, -0.1) is 0 Å². The van der Waals surface area contributed by atoms with Crippen LogP contribution in [0.25, 0.3) is 0 Å². The number of likely N-dealkylation sites (tertiary alicyclic amines) is 1. The van der Waals surface area contributed by atoms with E-state index in [0.717, 1.165) is 32.4 Å². The molecule has 0 radical (unpaired) electrons. The van der Waals surface area contributed by atoms with Gasteiger partial charge < -0.3 is 10.0 Å². The monoisotopic (exact) mass is 227 g/mol. The van der Waals surface area contributed by atoms with Crippen molar-refractivity contribution in [2.75, 3.05) is 13.1 Å². The highest BCUT2D eigenvalue weighted by atomic mass is 16.3. The molecule has 1 N–H and O–H groups in total. The summed E-state index contributed by atoms with van der Waals surface area (Å²) >= 11 is 0. The van der Waals surface area contributed by atoms with Crippen molar-refractivity contribution in [2.24, 2.45) is 5.92 Å². The van der Waals surface area contributed by atoms with Gasteiger partial charge in [-0.05, 0) is 19.8 Å². The van der Waals surface area contributed by atoms with Crippen LogP contribution in [0.4, 0.5) is 0 Å². The second-order valence-electron chi connectivity index (χ2n) is 4.94. The molecule has 2 unspecified atom stereocenters. The smallest absolute Gasteiger partial charge is 0.222 e. The normalized spacial score (nSPS) is 22.4. The Labute approximate surface area is 98.8 Å². The van der Waals surface area contributed by atoms with Gasteiger partial charge in [0.25, 0.3) is 0 Å². The molecule has 0 saturated carbocycles. The Hall–Kier alpha value is -0.570. The number of carbonyl (C=O) groups excluding carboxylic acids is 1. The lowest BCUT2D eigenvalue weighted by Crippen LogP contribution is -2.30. The van der Waals surface area contributed by atoms with Crippen molar-refractivity contribution in [3.05, 3.63) is 0 Å². The first kappa shape index (κ1) is 13.5. The van der Waals surface area contributed by atoms with Crippen LogP contribution in [0.5, 0.6) is 0 Å². The van der Waals surface area contributed by atoms with Gasteiger partial charge in [0.05, 0.1) is 6.10 Å². The average molecular weight is 227 g/mol. The van der Waals surface area contributed by atoms with Crippen molar-refractivity contribution in [1.82, 2.24) is 4.90 Å². The lowest BCUT2D eigenvalue weighted by atomic mass is 10.0. The third-order valence-corrected chi connectivity index (χ3v) is 3.50. The molecule has 16 heavy (non-hydrogen) atoms. The quantitative estimate of drug-likeness (QED) is 0.707. The van der Waals surface area contributed by atoms with E-state index in [-0.39, 0.29) is 12.0 Å². The number of hydrogen-bond donors (Lipinski definition) is 1. The van der Waals surface area contributed by atoms with Crippen molar-refractivity contribution < 1.29 is 9.90 Å². The second-order valence-corrected chi connectivity index (χ2v) is 4.94. The first-order valence-electron chi connectivity index (χ1n) is 6.61. The van der Waals surface area contributed by atoms with Crippen molar-refractivity contribution in [3.8, 4) is 0 Å². The average Bonchev–Trinajstić information content (AvgIpc) is 2.73. The Morgan fingerprint density at radius 2 is 2.19 bits per heavy atom. The van der Waals surface area contributed by atoms with E-state index in [1.807, 2.05) is 11.8 Å². The molecule has 2 atom stereocenters. The van der Waals surface area contributed by atoms with Gasteiger partial charge in [0.2, 0.25) is 5.91 Å². The van der Waals surface area contributed by atoms with E-state index in [9.17, 15) is 9.90 Å². The summed E-state index contributed by atoms with van der Waals surface area (Å²) in [7, 11) is 0. The van der Waals surface area contributed by atoms with Gasteiger partial charge >= 0.3 is 0 Å². The van der Waals surface area contributed by atoms with Crippen molar-refractivity contribution >= 4 is 5.91 Å². The zero-order valence-electron chi connectivity index (χ0n) is 10.6. The Kier molecular flexibility index (Phi) is 5.81. The molecule has 0 aromatic heterocycles. The number of carbonyl (C=O) groups is 1. The molecule has 3 heteroatoms. The number of rotatable bonds is 6. The summed E-state index contributed by atoms with van der Waals surface area (Å²) in [5, 5.41) is 9.46. The number of unbranched alkanes of at least 4 members (excludes halogenated alkanes) is 3. The number of amides is 1. The van der Waals surface area contributed by atoms with E-state index in [2.05, 4.69) is 6.92 Å². The lowest BCUT2D eigenvalue weighted by molar-refractivity contribution is -0.130. The first-order chi connectivity index (χ1) is 7.65. The van der Waals surface area contributed by atoms with E-state index in [1.54, 1.807) is 0 Å². The van der Waals surface area contributed by atoms with Crippen LogP contribution in [0.2, 0.25) is 0 Å². The largest absolute Gasteiger partial charge is 0.393 e. The molecule has 0 aliphatic carbocycles. The highest BCUT2D eigenvalue weighted by Crippen LogP contribution is 2.20. The van der Waals surface area contributed by atoms with Crippen LogP contribution in [0.1, 0.15) is 52.4 Å². The van der Waals surface area contributed by atoms with Crippen molar-refractivity contribution in [1.29, 1.82) is 0 Å². The molecule has 0 aromatic rings. The van der Waals surface area contributed by atoms with E-state index < -0.39 is 0 Å². The summed E-state index contributed by atoms with van der Waals surface area (Å²) < 4.78 is 0. The van der Waals surface area contributed by atoms with Crippen LogP contribution in [-0.2, 0) is 4.79 Å². The van der Waals surface area contributed by atoms with E-state index in [0.29, 0.717) is 12.3 Å². The molecule has 0 spiro atoms. The van der Waals surface area contributed by atoms with Crippen molar-refractivity contribution in [3.63, 3.8) is 0 Å². The molecule has 1 fully saturated rings. The van der Waals surface area contributed by atoms with Gasteiger partial charge in [0.1, 0.15) is 0 Å². The molecule has 1 rings (SSSR count). The van der Waals surface area contributed by atoms with Gasteiger partial charge in [0, 0.05) is 25.4 Å². The van der Waals surface area contributed by atoms with Gasteiger partial charge in [-0.1, -0.05) is 26.2 Å². The topological polar surface area (TPSA) is 40.5 Å². The Balaban J connectivity index is 2.18. The van der Waals surface area contributed by atoms with Crippen LogP contribution >= 0.6 is 0 Å². The molecular formula is C13H25NO2.